The van der Waals surface area contributed by atoms with Gasteiger partial charge in [0.1, 0.15) is 6.54 Å². The summed E-state index contributed by atoms with van der Waals surface area (Å²) in [5.74, 6) is 1.05. The number of carbonyl (C=O) groups is 1. The molecule has 1 heterocycles. The van der Waals surface area contributed by atoms with Crippen LogP contribution in [0.4, 0.5) is 11.4 Å². The number of nitrogens with one attached hydrogen (secondary N) is 1. The third-order valence-electron chi connectivity index (χ3n) is 7.47. The molecule has 0 aliphatic carbocycles. The van der Waals surface area contributed by atoms with Gasteiger partial charge in [-0.1, -0.05) is 36.8 Å². The minimum atomic E-state index is -4.11. The Hall–Kier alpha value is -3.72. The van der Waals surface area contributed by atoms with Crippen molar-refractivity contribution in [3.05, 3.63) is 77.9 Å². The second-order valence-corrected chi connectivity index (χ2v) is 12.3. The minimum absolute atomic E-state index is 0.00531. The Morgan fingerprint density at radius 1 is 0.975 bits per heavy atom. The number of sulfonamides is 1. The summed E-state index contributed by atoms with van der Waals surface area (Å²) in [4.78, 5) is 15.6. The van der Waals surface area contributed by atoms with Crippen LogP contribution in [0.2, 0.25) is 0 Å². The first kappa shape index (κ1) is 29.3. The Balaban J connectivity index is 1.52. The Morgan fingerprint density at radius 3 is 2.20 bits per heavy atom. The second-order valence-electron chi connectivity index (χ2n) is 10.4. The van der Waals surface area contributed by atoms with Crippen LogP contribution in [0, 0.1) is 12.8 Å². The van der Waals surface area contributed by atoms with E-state index in [1.165, 1.54) is 50.9 Å². The molecule has 0 spiro atoms. The molecular formula is C31H39N3O5S. The molecule has 1 aliphatic heterocycles. The fourth-order valence-electron chi connectivity index (χ4n) is 4.87. The topological polar surface area (TPSA) is 88.2 Å². The number of methoxy groups -OCH3 is 2. The molecule has 1 fully saturated rings. The summed E-state index contributed by atoms with van der Waals surface area (Å²) < 4.78 is 39.4. The molecule has 4 rings (SSSR count). The summed E-state index contributed by atoms with van der Waals surface area (Å²) in [5.41, 5.74) is 3.50. The monoisotopic (exact) mass is 565 g/mol. The maximum atomic E-state index is 13.8. The number of nitrogens with zero attached hydrogens (tertiary/aromatic N) is 2. The number of rotatable bonds is 10. The third kappa shape index (κ3) is 6.70. The van der Waals surface area contributed by atoms with E-state index < -0.39 is 15.9 Å². The maximum Gasteiger partial charge on any atom is 0.264 e. The summed E-state index contributed by atoms with van der Waals surface area (Å²) in [6.07, 6.45) is 2.38. The molecule has 0 aromatic heterocycles. The smallest absolute Gasteiger partial charge is 0.264 e. The van der Waals surface area contributed by atoms with E-state index >= 15 is 0 Å². The highest BCUT2D eigenvalue weighted by Gasteiger charge is 2.29. The van der Waals surface area contributed by atoms with Gasteiger partial charge < -0.3 is 19.7 Å². The van der Waals surface area contributed by atoms with Crippen LogP contribution in [-0.2, 0) is 14.8 Å². The normalized spacial score (nSPS) is 14.9. The van der Waals surface area contributed by atoms with Gasteiger partial charge in [0.15, 0.2) is 11.5 Å². The van der Waals surface area contributed by atoms with Crippen molar-refractivity contribution < 1.29 is 22.7 Å². The van der Waals surface area contributed by atoms with E-state index in [1.54, 1.807) is 12.1 Å². The zero-order valence-electron chi connectivity index (χ0n) is 23.9. The Kier molecular flexibility index (Phi) is 9.25. The van der Waals surface area contributed by atoms with Crippen molar-refractivity contribution in [2.75, 3.05) is 43.1 Å². The van der Waals surface area contributed by atoms with Crippen molar-refractivity contribution in [3.8, 4) is 11.5 Å². The molecule has 1 atom stereocenters. The molecule has 1 amide bonds. The Morgan fingerprint density at radius 2 is 1.60 bits per heavy atom. The lowest BCUT2D eigenvalue weighted by atomic mass is 9.98. The third-order valence-corrected chi connectivity index (χ3v) is 9.24. The molecular weight excluding hydrogens is 526 g/mol. The Labute approximate surface area is 238 Å². The van der Waals surface area contributed by atoms with Gasteiger partial charge in [0.2, 0.25) is 5.91 Å². The molecule has 214 valence electrons. The highest BCUT2D eigenvalue weighted by Crippen LogP contribution is 2.32. The fourth-order valence-corrected chi connectivity index (χ4v) is 6.31. The molecule has 1 N–H and O–H groups in total. The number of carbonyl (C=O) groups excluding carboxylic acids is 1. The first-order valence-corrected chi connectivity index (χ1v) is 15.0. The average molecular weight is 566 g/mol. The van der Waals surface area contributed by atoms with Crippen molar-refractivity contribution >= 4 is 27.3 Å². The molecule has 1 saturated heterocycles. The van der Waals surface area contributed by atoms with Crippen molar-refractivity contribution in [1.82, 2.24) is 5.32 Å². The number of hydrogen-bond donors (Lipinski definition) is 1. The van der Waals surface area contributed by atoms with Crippen LogP contribution in [-0.4, -0.2) is 48.2 Å². The first-order chi connectivity index (χ1) is 19.1. The molecule has 0 bridgehead atoms. The molecule has 1 aliphatic rings. The molecule has 0 saturated carbocycles. The van der Waals surface area contributed by atoms with Crippen LogP contribution in [0.5, 0.6) is 11.5 Å². The van der Waals surface area contributed by atoms with Gasteiger partial charge in [-0.3, -0.25) is 9.10 Å². The first-order valence-electron chi connectivity index (χ1n) is 13.6. The zero-order chi connectivity index (χ0) is 28.9. The lowest BCUT2D eigenvalue weighted by Crippen LogP contribution is -2.41. The van der Waals surface area contributed by atoms with Crippen molar-refractivity contribution in [2.24, 2.45) is 5.92 Å². The van der Waals surface area contributed by atoms with Crippen LogP contribution in [0.15, 0.2) is 71.6 Å². The van der Waals surface area contributed by atoms with Crippen molar-refractivity contribution in [1.29, 1.82) is 0 Å². The SMILES string of the molecule is COc1ccc(S(=O)(=O)N(CC(=O)NC(C)c2ccc(N3CCC(C)CC3)cc2)c2ccc(C)cc2)cc1OC. The van der Waals surface area contributed by atoms with Crippen LogP contribution >= 0.6 is 0 Å². The molecule has 3 aromatic carbocycles. The van der Waals surface area contributed by atoms with E-state index in [9.17, 15) is 13.2 Å². The van der Waals surface area contributed by atoms with E-state index in [1.807, 2.05) is 38.1 Å². The molecule has 40 heavy (non-hydrogen) atoms. The van der Waals surface area contributed by atoms with Crippen molar-refractivity contribution in [2.45, 2.75) is 44.6 Å². The molecule has 8 nitrogen and oxygen atoms in total. The summed E-state index contributed by atoms with van der Waals surface area (Å²) >= 11 is 0. The van der Waals surface area contributed by atoms with E-state index in [2.05, 4.69) is 29.3 Å². The van der Waals surface area contributed by atoms with E-state index in [-0.39, 0.29) is 23.2 Å². The van der Waals surface area contributed by atoms with Crippen LogP contribution in [0.1, 0.15) is 43.9 Å². The fraction of sp³-hybridized carbons (Fsp3) is 0.387. The lowest BCUT2D eigenvalue weighted by molar-refractivity contribution is -0.120. The number of anilines is 2. The predicted molar refractivity (Wildman–Crippen MR) is 159 cm³/mol. The molecule has 3 aromatic rings. The molecule has 9 heteroatoms. The quantitative estimate of drug-likeness (QED) is 0.358. The lowest BCUT2D eigenvalue weighted by Gasteiger charge is -2.32. The van der Waals surface area contributed by atoms with Gasteiger partial charge in [-0.2, -0.15) is 0 Å². The zero-order valence-corrected chi connectivity index (χ0v) is 24.7. The summed E-state index contributed by atoms with van der Waals surface area (Å²) in [6, 6.07) is 19.4. The highest BCUT2D eigenvalue weighted by atomic mass is 32.2. The standard InChI is InChI=1S/C31H39N3O5S/c1-22-6-10-27(11-7-22)34(40(36,37)28-14-15-29(38-4)30(20-28)39-5)21-31(35)32-24(3)25-8-12-26(13-9-25)33-18-16-23(2)17-19-33/h6-15,20,23-24H,16-19,21H2,1-5H3,(H,32,35). The average Bonchev–Trinajstić information content (AvgIpc) is 2.96. The minimum Gasteiger partial charge on any atom is -0.493 e. The number of amides is 1. The molecule has 0 radical (unpaired) electrons. The van der Waals surface area contributed by atoms with Gasteiger partial charge in [-0.25, -0.2) is 8.42 Å². The number of ether oxygens (including phenoxy) is 2. The molecule has 1 unspecified atom stereocenters. The van der Waals surface area contributed by atoms with Gasteiger partial charge in [0, 0.05) is 24.8 Å². The number of aryl methyl sites for hydroxylation is 1. The number of hydrogen-bond acceptors (Lipinski definition) is 6. The summed E-state index contributed by atoms with van der Waals surface area (Å²) in [5, 5.41) is 2.97. The van der Waals surface area contributed by atoms with Crippen molar-refractivity contribution in [3.63, 3.8) is 0 Å². The number of benzene rings is 3. The van der Waals surface area contributed by atoms with Crippen LogP contribution < -0.4 is 24.0 Å². The maximum absolute atomic E-state index is 13.8. The van der Waals surface area contributed by atoms with Gasteiger partial charge in [0.05, 0.1) is 30.8 Å². The number of piperidine rings is 1. The van der Waals surface area contributed by atoms with E-state index in [4.69, 9.17) is 9.47 Å². The Bertz CT molecular complexity index is 1400. The summed E-state index contributed by atoms with van der Waals surface area (Å²) in [6.45, 7) is 7.83. The predicted octanol–water partition coefficient (Wildman–Crippen LogP) is 5.32. The second kappa shape index (κ2) is 12.6. The van der Waals surface area contributed by atoms with Crippen LogP contribution in [0.3, 0.4) is 0 Å². The van der Waals surface area contributed by atoms with E-state index in [0.29, 0.717) is 11.4 Å². The van der Waals surface area contributed by atoms with Gasteiger partial charge in [-0.15, -0.1) is 0 Å². The van der Waals surface area contributed by atoms with Gasteiger partial charge in [-0.05, 0) is 74.6 Å². The van der Waals surface area contributed by atoms with E-state index in [0.717, 1.165) is 34.4 Å². The highest BCUT2D eigenvalue weighted by molar-refractivity contribution is 7.92. The van der Waals surface area contributed by atoms with Gasteiger partial charge >= 0.3 is 0 Å². The largest absolute Gasteiger partial charge is 0.493 e. The van der Waals surface area contributed by atoms with Gasteiger partial charge in [0.25, 0.3) is 10.0 Å². The van der Waals surface area contributed by atoms with Crippen LogP contribution in [0.25, 0.3) is 0 Å². The summed E-state index contributed by atoms with van der Waals surface area (Å²) in [7, 11) is -1.18.